The average Bonchev–Trinajstić information content (AvgIpc) is 2.90. The lowest BCUT2D eigenvalue weighted by Crippen LogP contribution is -2.25. The molecule has 1 heterocycles. The fourth-order valence-electron chi connectivity index (χ4n) is 1.72. The summed E-state index contributed by atoms with van der Waals surface area (Å²) in [5.41, 5.74) is 0. The van der Waals surface area contributed by atoms with Crippen molar-refractivity contribution in [3.8, 4) is 5.75 Å². The van der Waals surface area contributed by atoms with Crippen LogP contribution in [0.2, 0.25) is 5.02 Å². The first-order valence-electron chi connectivity index (χ1n) is 7.26. The van der Waals surface area contributed by atoms with E-state index in [4.69, 9.17) is 16.3 Å². The number of hydrogen-bond donors (Lipinski definition) is 1. The first-order chi connectivity index (χ1) is 11.1. The molecule has 0 aliphatic heterocycles. The van der Waals surface area contributed by atoms with E-state index in [9.17, 15) is 4.79 Å². The minimum atomic E-state index is -0.00110. The van der Waals surface area contributed by atoms with Crippen molar-refractivity contribution in [2.75, 3.05) is 12.3 Å². The molecule has 0 aliphatic carbocycles. The van der Waals surface area contributed by atoms with Gasteiger partial charge in [-0.3, -0.25) is 4.79 Å². The van der Waals surface area contributed by atoms with Gasteiger partial charge in [0, 0.05) is 18.6 Å². The van der Waals surface area contributed by atoms with Gasteiger partial charge in [-0.15, -0.1) is 10.2 Å². The summed E-state index contributed by atoms with van der Waals surface area (Å²) in [6.07, 6.45) is 0.923. The Balaban J connectivity index is 1.86. The molecule has 0 radical (unpaired) electrons. The molecular weight excluding hydrogens is 336 g/mol. The van der Waals surface area contributed by atoms with Gasteiger partial charge in [0.2, 0.25) is 5.91 Å². The molecular formula is C15H19ClN4O2S. The van der Waals surface area contributed by atoms with Gasteiger partial charge < -0.3 is 14.6 Å². The van der Waals surface area contributed by atoms with Crippen LogP contribution < -0.4 is 10.1 Å². The fraction of sp³-hybridized carbons (Fsp3) is 0.400. The van der Waals surface area contributed by atoms with E-state index >= 15 is 0 Å². The van der Waals surface area contributed by atoms with Crippen LogP contribution in [-0.4, -0.2) is 33.0 Å². The van der Waals surface area contributed by atoms with Crippen LogP contribution in [0.5, 0.6) is 5.75 Å². The number of hydrogen-bond acceptors (Lipinski definition) is 5. The zero-order valence-corrected chi connectivity index (χ0v) is 14.7. The highest BCUT2D eigenvalue weighted by Crippen LogP contribution is 2.18. The van der Waals surface area contributed by atoms with Gasteiger partial charge in [-0.05, 0) is 30.7 Å². The number of benzene rings is 1. The predicted octanol–water partition coefficient (Wildman–Crippen LogP) is 2.67. The third kappa shape index (κ3) is 5.44. The number of rotatable bonds is 8. The Morgan fingerprint density at radius 3 is 2.78 bits per heavy atom. The second-order valence-corrected chi connectivity index (χ2v) is 6.22. The van der Waals surface area contributed by atoms with Crippen LogP contribution >= 0.6 is 23.4 Å². The summed E-state index contributed by atoms with van der Waals surface area (Å²) in [5.74, 6) is 1.73. The van der Waals surface area contributed by atoms with Crippen molar-refractivity contribution in [2.45, 2.75) is 25.1 Å². The molecule has 0 bridgehead atoms. The van der Waals surface area contributed by atoms with Gasteiger partial charge in [0.05, 0.1) is 5.75 Å². The summed E-state index contributed by atoms with van der Waals surface area (Å²) < 4.78 is 7.48. The lowest BCUT2D eigenvalue weighted by molar-refractivity contribution is -0.118. The smallest absolute Gasteiger partial charge is 0.230 e. The number of nitrogens with zero attached hydrogens (tertiary/aromatic N) is 3. The molecule has 0 atom stereocenters. The molecule has 23 heavy (non-hydrogen) atoms. The zero-order chi connectivity index (χ0) is 16.7. The maximum Gasteiger partial charge on any atom is 0.230 e. The highest BCUT2D eigenvalue weighted by atomic mass is 35.5. The maximum atomic E-state index is 11.6. The van der Waals surface area contributed by atoms with Gasteiger partial charge >= 0.3 is 0 Å². The molecule has 6 nitrogen and oxygen atoms in total. The van der Waals surface area contributed by atoms with E-state index < -0.39 is 0 Å². The molecule has 0 saturated carbocycles. The molecule has 124 valence electrons. The quantitative estimate of drug-likeness (QED) is 0.738. The van der Waals surface area contributed by atoms with Crippen molar-refractivity contribution in [3.05, 3.63) is 35.1 Å². The van der Waals surface area contributed by atoms with E-state index in [2.05, 4.69) is 15.5 Å². The predicted molar refractivity (Wildman–Crippen MR) is 90.8 cm³/mol. The van der Waals surface area contributed by atoms with Gasteiger partial charge in [0.15, 0.2) is 11.0 Å². The van der Waals surface area contributed by atoms with E-state index in [1.807, 2.05) is 18.5 Å². The van der Waals surface area contributed by atoms with Gasteiger partial charge in [-0.1, -0.05) is 30.3 Å². The summed E-state index contributed by atoms with van der Waals surface area (Å²) in [5, 5.41) is 12.4. The number of carbonyl (C=O) groups is 1. The summed E-state index contributed by atoms with van der Waals surface area (Å²) >= 11 is 7.19. The summed E-state index contributed by atoms with van der Waals surface area (Å²) in [6.45, 7) is 3.01. The van der Waals surface area contributed by atoms with Crippen molar-refractivity contribution in [2.24, 2.45) is 7.05 Å². The third-order valence-electron chi connectivity index (χ3n) is 3.01. The Kier molecular flexibility index (Phi) is 6.73. The molecule has 0 saturated heterocycles. The van der Waals surface area contributed by atoms with Crippen molar-refractivity contribution in [1.29, 1.82) is 0 Å². The van der Waals surface area contributed by atoms with Crippen molar-refractivity contribution in [3.63, 3.8) is 0 Å². The molecule has 1 amide bonds. The van der Waals surface area contributed by atoms with E-state index in [1.165, 1.54) is 11.8 Å². The van der Waals surface area contributed by atoms with Crippen LogP contribution in [0, 0.1) is 0 Å². The molecule has 1 N–H and O–H groups in total. The second-order valence-electron chi connectivity index (χ2n) is 4.84. The Hall–Kier alpha value is -1.73. The highest BCUT2D eigenvalue weighted by molar-refractivity contribution is 7.99. The van der Waals surface area contributed by atoms with Crippen molar-refractivity contribution >= 4 is 29.3 Å². The van der Waals surface area contributed by atoms with E-state index in [1.54, 1.807) is 24.3 Å². The van der Waals surface area contributed by atoms with E-state index in [0.717, 1.165) is 6.42 Å². The van der Waals surface area contributed by atoms with Crippen LogP contribution in [-0.2, 0) is 18.4 Å². The number of aromatic nitrogens is 3. The maximum absolute atomic E-state index is 11.6. The number of thioether (sulfide) groups is 1. The Morgan fingerprint density at radius 2 is 2.09 bits per heavy atom. The lowest BCUT2D eigenvalue weighted by atomic mass is 10.3. The molecule has 0 unspecified atom stereocenters. The summed E-state index contributed by atoms with van der Waals surface area (Å²) in [6, 6.07) is 7.13. The number of halogens is 1. The molecule has 0 fully saturated rings. The fourth-order valence-corrected chi connectivity index (χ4v) is 2.61. The van der Waals surface area contributed by atoms with Crippen molar-refractivity contribution in [1.82, 2.24) is 20.1 Å². The molecule has 1 aromatic carbocycles. The normalized spacial score (nSPS) is 10.6. The van der Waals surface area contributed by atoms with Gasteiger partial charge in [-0.25, -0.2) is 0 Å². The third-order valence-corrected chi connectivity index (χ3v) is 4.28. The highest BCUT2D eigenvalue weighted by Gasteiger charge is 2.11. The van der Waals surface area contributed by atoms with Gasteiger partial charge in [0.1, 0.15) is 12.4 Å². The SMILES string of the molecule is CCCNC(=O)CSc1nnc(COc2ccc(Cl)cc2)n1C. The second kappa shape index (κ2) is 8.79. The monoisotopic (exact) mass is 354 g/mol. The number of nitrogens with one attached hydrogen (secondary N) is 1. The Labute approximate surface area is 144 Å². The van der Waals surface area contributed by atoms with Crippen LogP contribution in [0.15, 0.2) is 29.4 Å². The summed E-state index contributed by atoms with van der Waals surface area (Å²) in [4.78, 5) is 11.6. The zero-order valence-electron chi connectivity index (χ0n) is 13.1. The van der Waals surface area contributed by atoms with Crippen LogP contribution in [0.4, 0.5) is 0 Å². The molecule has 2 rings (SSSR count). The van der Waals surface area contributed by atoms with Gasteiger partial charge in [0.25, 0.3) is 0 Å². The van der Waals surface area contributed by atoms with Crippen LogP contribution in [0.1, 0.15) is 19.2 Å². The van der Waals surface area contributed by atoms with E-state index in [0.29, 0.717) is 40.7 Å². The molecule has 1 aromatic heterocycles. The first kappa shape index (κ1) is 17.6. The Morgan fingerprint density at radius 1 is 1.35 bits per heavy atom. The molecule has 0 aliphatic rings. The Bertz CT molecular complexity index is 645. The number of amides is 1. The van der Waals surface area contributed by atoms with E-state index in [-0.39, 0.29) is 5.91 Å². The number of carbonyl (C=O) groups excluding carboxylic acids is 1. The molecule has 8 heteroatoms. The average molecular weight is 355 g/mol. The minimum Gasteiger partial charge on any atom is -0.486 e. The largest absolute Gasteiger partial charge is 0.486 e. The molecule has 0 spiro atoms. The van der Waals surface area contributed by atoms with Crippen LogP contribution in [0.3, 0.4) is 0 Å². The lowest BCUT2D eigenvalue weighted by Gasteiger charge is -2.07. The van der Waals surface area contributed by atoms with Gasteiger partial charge in [-0.2, -0.15) is 0 Å². The van der Waals surface area contributed by atoms with Crippen LogP contribution in [0.25, 0.3) is 0 Å². The molecule has 2 aromatic rings. The standard InChI is InChI=1S/C15H19ClN4O2S/c1-3-8-17-14(21)10-23-15-19-18-13(20(15)2)9-22-12-6-4-11(16)5-7-12/h4-7H,3,8-10H2,1-2H3,(H,17,21). The topological polar surface area (TPSA) is 69.0 Å². The summed E-state index contributed by atoms with van der Waals surface area (Å²) in [7, 11) is 1.85. The first-order valence-corrected chi connectivity index (χ1v) is 8.62. The number of ether oxygens (including phenoxy) is 1. The minimum absolute atomic E-state index is 0.00110. The van der Waals surface area contributed by atoms with Crippen molar-refractivity contribution < 1.29 is 9.53 Å².